The maximum atomic E-state index is 12.6. The van der Waals surface area contributed by atoms with Crippen LogP contribution in [0, 0.1) is 0 Å². The number of phenols is 1. The molecule has 0 fully saturated rings. The van der Waals surface area contributed by atoms with Crippen LogP contribution >= 0.6 is 11.9 Å². The largest absolute Gasteiger partial charge is 0.508 e. The number of hydrogen-bond acceptors (Lipinski definition) is 11. The second kappa shape index (κ2) is 11.2. The summed E-state index contributed by atoms with van der Waals surface area (Å²) in [4.78, 5) is 9.54. The number of aromatic nitrogens is 2. The van der Waals surface area contributed by atoms with Crippen molar-refractivity contribution in [3.05, 3.63) is 42.5 Å². The van der Waals surface area contributed by atoms with Crippen molar-refractivity contribution in [3.8, 4) is 5.75 Å². The molecule has 5 N–H and O–H groups in total. The van der Waals surface area contributed by atoms with Gasteiger partial charge < -0.3 is 15.5 Å². The number of fused-ring (bicyclic) bond motifs is 1. The summed E-state index contributed by atoms with van der Waals surface area (Å²) < 4.78 is 53.3. The average Bonchev–Trinajstić information content (AvgIpc) is 2.74. The number of aliphatic hydroxyl groups excluding tert-OH is 1. The van der Waals surface area contributed by atoms with Gasteiger partial charge >= 0.3 is 0 Å². The summed E-state index contributed by atoms with van der Waals surface area (Å²) in [6, 6.07) is 11.5. The summed E-state index contributed by atoms with van der Waals surface area (Å²) in [6.07, 6.45) is 0.978. The predicted octanol–water partition coefficient (Wildman–Crippen LogP) is 1.84. The standard InChI is InChI=1S/C20H25N5O6S3/c1-33(28,29)11-4-12-34(30,31)25-20-19(22-15-5-2-3-6-16(15)23-20)24-17-13-14(27)7-8-18(17)32-21-9-10-26/h2-3,5-8,13,21,26-27H,4,9-12H2,1H3,(H,22,24)(H,23,25). The monoisotopic (exact) mass is 527 g/mol. The van der Waals surface area contributed by atoms with Gasteiger partial charge in [0.1, 0.15) is 15.6 Å². The lowest BCUT2D eigenvalue weighted by Crippen LogP contribution is -2.20. The van der Waals surface area contributed by atoms with Crippen LogP contribution < -0.4 is 14.8 Å². The highest BCUT2D eigenvalue weighted by atomic mass is 32.2. The van der Waals surface area contributed by atoms with E-state index in [1.54, 1.807) is 30.3 Å². The molecule has 1 heterocycles. The fourth-order valence-corrected chi connectivity index (χ4v) is 5.49. The maximum absolute atomic E-state index is 12.6. The molecule has 14 heteroatoms. The van der Waals surface area contributed by atoms with E-state index >= 15 is 0 Å². The molecular weight excluding hydrogens is 502 g/mol. The van der Waals surface area contributed by atoms with Gasteiger partial charge in [0.25, 0.3) is 0 Å². The van der Waals surface area contributed by atoms with Crippen LogP contribution in [0.1, 0.15) is 6.42 Å². The number of nitrogens with one attached hydrogen (secondary N) is 3. The maximum Gasteiger partial charge on any atom is 0.234 e. The number of sulfonamides is 1. The van der Waals surface area contributed by atoms with Gasteiger partial charge in [-0.15, -0.1) is 0 Å². The highest BCUT2D eigenvalue weighted by molar-refractivity contribution is 7.97. The second-order valence-corrected chi connectivity index (χ2v) is 12.4. The number of benzene rings is 2. The van der Waals surface area contributed by atoms with Crippen molar-refractivity contribution in [2.24, 2.45) is 0 Å². The van der Waals surface area contributed by atoms with Crippen molar-refractivity contribution >= 4 is 60.2 Å². The van der Waals surface area contributed by atoms with Crippen molar-refractivity contribution in [2.45, 2.75) is 11.3 Å². The van der Waals surface area contributed by atoms with Crippen LogP contribution in [0.4, 0.5) is 17.3 Å². The molecule has 11 nitrogen and oxygen atoms in total. The van der Waals surface area contributed by atoms with Crippen molar-refractivity contribution in [1.29, 1.82) is 0 Å². The van der Waals surface area contributed by atoms with Gasteiger partial charge in [-0.25, -0.2) is 26.8 Å². The normalized spacial score (nSPS) is 12.1. The van der Waals surface area contributed by atoms with Crippen LogP contribution in [0.25, 0.3) is 11.0 Å². The molecule has 184 valence electrons. The Hall–Kier alpha value is -2.65. The molecule has 0 atom stereocenters. The Morgan fingerprint density at radius 2 is 1.65 bits per heavy atom. The summed E-state index contributed by atoms with van der Waals surface area (Å²) in [6.45, 7) is 0.272. The van der Waals surface area contributed by atoms with Gasteiger partial charge in [0.2, 0.25) is 10.0 Å². The molecule has 3 rings (SSSR count). The number of aromatic hydroxyl groups is 1. The minimum atomic E-state index is -3.93. The van der Waals surface area contributed by atoms with Gasteiger partial charge in [-0.3, -0.25) is 9.44 Å². The smallest absolute Gasteiger partial charge is 0.234 e. The highest BCUT2D eigenvalue weighted by Crippen LogP contribution is 2.33. The van der Waals surface area contributed by atoms with Crippen molar-refractivity contribution in [2.75, 3.05) is 41.0 Å². The van der Waals surface area contributed by atoms with Gasteiger partial charge in [-0.1, -0.05) is 12.1 Å². The molecule has 0 unspecified atom stereocenters. The SMILES string of the molecule is CS(=O)(=O)CCCS(=O)(=O)Nc1nc2ccccc2nc1Nc1cc(O)ccc1SNCCO. The summed E-state index contributed by atoms with van der Waals surface area (Å²) in [5.74, 6) is -0.661. The van der Waals surface area contributed by atoms with Crippen LogP contribution in [0.5, 0.6) is 5.75 Å². The molecule has 0 radical (unpaired) electrons. The molecule has 0 aliphatic rings. The van der Waals surface area contributed by atoms with Crippen LogP contribution in [-0.2, 0) is 19.9 Å². The lowest BCUT2D eigenvalue weighted by molar-refractivity contribution is 0.302. The minimum absolute atomic E-state index is 0.0225. The first-order valence-corrected chi connectivity index (χ1v) is 14.6. The fourth-order valence-electron chi connectivity index (χ4n) is 2.87. The molecule has 1 aromatic heterocycles. The van der Waals surface area contributed by atoms with Crippen molar-refractivity contribution in [3.63, 3.8) is 0 Å². The number of anilines is 3. The molecule has 2 aromatic carbocycles. The number of phenolic OH excluding ortho intramolecular Hbond substituents is 1. The molecule has 3 aromatic rings. The van der Waals surface area contributed by atoms with E-state index in [0.29, 0.717) is 28.2 Å². The Bertz CT molecular complexity index is 1370. The summed E-state index contributed by atoms with van der Waals surface area (Å²) in [5.41, 5.74) is 1.40. The molecule has 0 aliphatic carbocycles. The number of sulfone groups is 1. The van der Waals surface area contributed by atoms with Crippen LogP contribution in [-0.4, -0.2) is 67.9 Å². The van der Waals surface area contributed by atoms with Crippen molar-refractivity contribution in [1.82, 2.24) is 14.7 Å². The van der Waals surface area contributed by atoms with E-state index in [0.717, 1.165) is 6.26 Å². The Morgan fingerprint density at radius 3 is 2.29 bits per heavy atom. The molecular formula is C20H25N5O6S3. The first-order valence-electron chi connectivity index (χ1n) is 10.1. The highest BCUT2D eigenvalue weighted by Gasteiger charge is 2.19. The van der Waals surface area contributed by atoms with E-state index in [2.05, 4.69) is 24.7 Å². The summed E-state index contributed by atoms with van der Waals surface area (Å²) in [7, 11) is -7.22. The zero-order chi connectivity index (χ0) is 24.8. The fraction of sp³-hybridized carbons (Fsp3) is 0.300. The topological polar surface area (TPSA) is 171 Å². The van der Waals surface area contributed by atoms with Crippen LogP contribution in [0.2, 0.25) is 0 Å². The van der Waals surface area contributed by atoms with E-state index in [1.807, 2.05) is 0 Å². The van der Waals surface area contributed by atoms with Gasteiger partial charge in [0, 0.05) is 23.8 Å². The zero-order valence-corrected chi connectivity index (χ0v) is 20.7. The van der Waals surface area contributed by atoms with Crippen LogP contribution in [0.15, 0.2) is 47.4 Å². The third kappa shape index (κ3) is 7.70. The van der Waals surface area contributed by atoms with E-state index in [9.17, 15) is 21.9 Å². The zero-order valence-electron chi connectivity index (χ0n) is 18.2. The quantitative estimate of drug-likeness (QED) is 0.172. The molecule has 34 heavy (non-hydrogen) atoms. The lowest BCUT2D eigenvalue weighted by atomic mass is 10.3. The van der Waals surface area contributed by atoms with E-state index in [1.165, 1.54) is 24.1 Å². The molecule has 0 saturated heterocycles. The number of hydrogen-bond donors (Lipinski definition) is 5. The molecule has 0 aliphatic heterocycles. The molecule has 0 amide bonds. The van der Waals surface area contributed by atoms with Crippen molar-refractivity contribution < 1.29 is 27.0 Å². The first-order chi connectivity index (χ1) is 16.1. The molecule has 0 bridgehead atoms. The summed E-state index contributed by atoms with van der Waals surface area (Å²) in [5, 5.41) is 22.0. The number of rotatable bonds is 12. The number of nitrogens with zero attached hydrogens (tertiary/aromatic N) is 2. The van der Waals surface area contributed by atoms with E-state index in [4.69, 9.17) is 5.11 Å². The van der Waals surface area contributed by atoms with Gasteiger partial charge in [0.05, 0.1) is 34.8 Å². The Labute approximate surface area is 202 Å². The van der Waals surface area contributed by atoms with Gasteiger partial charge in [0.15, 0.2) is 11.6 Å². The van der Waals surface area contributed by atoms with Gasteiger partial charge in [-0.2, -0.15) is 0 Å². The Balaban J connectivity index is 1.94. The molecule has 0 spiro atoms. The number of aliphatic hydroxyl groups is 1. The predicted molar refractivity (Wildman–Crippen MR) is 134 cm³/mol. The average molecular weight is 528 g/mol. The third-order valence-electron chi connectivity index (χ3n) is 4.36. The minimum Gasteiger partial charge on any atom is -0.508 e. The second-order valence-electron chi connectivity index (χ2n) is 7.34. The molecule has 0 saturated carbocycles. The van der Waals surface area contributed by atoms with E-state index < -0.39 is 25.6 Å². The van der Waals surface area contributed by atoms with E-state index in [-0.39, 0.29) is 36.2 Å². The number of para-hydroxylation sites is 2. The summed E-state index contributed by atoms with van der Waals surface area (Å²) >= 11 is 1.21. The van der Waals surface area contributed by atoms with Gasteiger partial charge in [-0.05, 0) is 42.6 Å². The first kappa shape index (κ1) is 26.0. The Morgan fingerprint density at radius 1 is 0.971 bits per heavy atom. The van der Waals surface area contributed by atoms with Crippen LogP contribution in [0.3, 0.4) is 0 Å². The lowest BCUT2D eigenvalue weighted by Gasteiger charge is -2.16. The Kier molecular flexibility index (Phi) is 8.54. The third-order valence-corrected chi connectivity index (χ3v) is 7.65.